The summed E-state index contributed by atoms with van der Waals surface area (Å²) >= 11 is 0. The Kier molecular flexibility index (Phi) is 14.5. The van der Waals surface area contributed by atoms with Crippen LogP contribution in [0.4, 0.5) is 19.0 Å². The average Bonchev–Trinajstić information content (AvgIpc) is 3.71. The Morgan fingerprint density at radius 3 is 2.21 bits per heavy atom. The van der Waals surface area contributed by atoms with Crippen molar-refractivity contribution in [2.24, 2.45) is 0 Å². The number of benzene rings is 1. The second-order valence-electron chi connectivity index (χ2n) is 15.0. The molecule has 0 bridgehead atoms. The molecule has 0 spiro atoms. The lowest BCUT2D eigenvalue weighted by atomic mass is 10.1. The molecule has 0 radical (unpaired) electrons. The van der Waals surface area contributed by atoms with Gasteiger partial charge in [0, 0.05) is 12.1 Å². The van der Waals surface area contributed by atoms with Gasteiger partial charge in [-0.2, -0.15) is 13.2 Å². The van der Waals surface area contributed by atoms with Gasteiger partial charge in [0.25, 0.3) is 5.91 Å². The number of carbonyl (C=O) groups excluding carboxylic acids is 2. The van der Waals surface area contributed by atoms with E-state index in [1.807, 2.05) is 6.07 Å². The van der Waals surface area contributed by atoms with E-state index in [9.17, 15) is 22.8 Å². The second kappa shape index (κ2) is 18.5. The third kappa shape index (κ3) is 9.50. The minimum absolute atomic E-state index is 0.0286. The maximum Gasteiger partial charge on any atom is 0.471 e. The molecule has 2 fully saturated rings. The fourth-order valence-electron chi connectivity index (χ4n) is 7.17. The third-order valence-electron chi connectivity index (χ3n) is 10.0. The van der Waals surface area contributed by atoms with Crippen LogP contribution >= 0.6 is 0 Å². The number of imidazole rings is 1. The monoisotopic (exact) mass is 826 g/mol. The molecule has 2 aliphatic rings. The van der Waals surface area contributed by atoms with Gasteiger partial charge >= 0.3 is 29.2 Å². The van der Waals surface area contributed by atoms with Crippen LogP contribution in [0.2, 0.25) is 22.2 Å². The number of fused-ring (bicyclic) bond motifs is 2. The third-order valence-corrected chi connectivity index (χ3v) is 20.3. The number of alkyl halides is 3. The molecule has 20 heteroatoms. The number of anilines is 1. The SMILES string of the molecule is CC(C)[Si]1(C(C)C)OC[C@H]2O[C@@H](n3cnc4c(NC(=O)c5ccccc5)ncnc43)[C@H](OCOCCOCCNC(=O)C(F)(F)F)[C@@H]2O[Si](C(C)C)(C(C)C)O1. The quantitative estimate of drug-likeness (QED) is 0.0987. The molecular formula is C36H53F3N6O9Si2. The number of halogens is 3. The number of aromatic nitrogens is 4. The van der Waals surface area contributed by atoms with Crippen molar-refractivity contribution in [3.8, 4) is 0 Å². The van der Waals surface area contributed by atoms with E-state index in [0.29, 0.717) is 16.7 Å². The van der Waals surface area contributed by atoms with Crippen LogP contribution in [0.5, 0.6) is 0 Å². The zero-order valence-electron chi connectivity index (χ0n) is 33.0. The Bertz CT molecular complexity index is 1750. The molecule has 0 aliphatic carbocycles. The second-order valence-corrected chi connectivity index (χ2v) is 23.9. The van der Waals surface area contributed by atoms with Crippen molar-refractivity contribution in [3.05, 3.63) is 48.5 Å². The number of rotatable bonds is 16. The summed E-state index contributed by atoms with van der Waals surface area (Å²) in [5.74, 6) is -2.17. The molecule has 4 heterocycles. The zero-order valence-corrected chi connectivity index (χ0v) is 35.0. The van der Waals surface area contributed by atoms with Crippen molar-refractivity contribution in [3.63, 3.8) is 0 Å². The molecule has 310 valence electrons. The van der Waals surface area contributed by atoms with Gasteiger partial charge in [0.05, 0.1) is 32.8 Å². The van der Waals surface area contributed by atoms with Crippen LogP contribution in [0.1, 0.15) is 72.0 Å². The Morgan fingerprint density at radius 1 is 0.911 bits per heavy atom. The lowest BCUT2D eigenvalue weighted by molar-refractivity contribution is -0.173. The molecule has 2 N–H and O–H groups in total. The van der Waals surface area contributed by atoms with Crippen molar-refractivity contribution in [1.29, 1.82) is 0 Å². The molecule has 2 aliphatic heterocycles. The van der Waals surface area contributed by atoms with Crippen LogP contribution in [0.3, 0.4) is 0 Å². The van der Waals surface area contributed by atoms with Crippen LogP contribution in [0.25, 0.3) is 11.2 Å². The van der Waals surface area contributed by atoms with Gasteiger partial charge in [0.2, 0.25) is 0 Å². The van der Waals surface area contributed by atoms with Crippen LogP contribution in [0.15, 0.2) is 43.0 Å². The first-order valence-electron chi connectivity index (χ1n) is 18.8. The molecular weight excluding hydrogens is 774 g/mol. The van der Waals surface area contributed by atoms with E-state index in [4.69, 9.17) is 31.9 Å². The molecule has 56 heavy (non-hydrogen) atoms. The van der Waals surface area contributed by atoms with E-state index in [1.165, 1.54) is 6.33 Å². The molecule has 3 aromatic rings. The summed E-state index contributed by atoms with van der Waals surface area (Å²) in [6, 6.07) is 8.74. The lowest BCUT2D eigenvalue weighted by Crippen LogP contribution is -2.66. The normalized spacial score (nSPS) is 22.4. The van der Waals surface area contributed by atoms with Crippen molar-refractivity contribution in [1.82, 2.24) is 24.8 Å². The van der Waals surface area contributed by atoms with Crippen LogP contribution in [-0.4, -0.2) is 113 Å². The highest BCUT2D eigenvalue weighted by Gasteiger charge is 2.62. The topological polar surface area (TPSA) is 166 Å². The fourth-order valence-corrected chi connectivity index (χ4v) is 18.4. The Balaban J connectivity index is 1.41. The standard InChI is InChI=1S/C36H53F3N6O9Si2/c1-22(2)55(23(3)4)51-18-27-29(53-56(54-55,24(5)6)25(7)8)30(50-21-49-17-16-48-15-14-40-35(47)36(37,38)39)34(52-27)45-20-43-28-31(41-19-42-32(28)45)44-33(46)26-12-10-9-11-13-26/h9-13,19-20,22-25,27,29-30,34H,14-18,21H2,1-8H3,(H,40,47)(H,41,42,44,46)/t27-,29-,30-,34-/m1/s1. The van der Waals surface area contributed by atoms with Gasteiger partial charge in [-0.1, -0.05) is 73.6 Å². The highest BCUT2D eigenvalue weighted by Crippen LogP contribution is 2.49. The molecule has 0 saturated carbocycles. The van der Waals surface area contributed by atoms with Gasteiger partial charge < -0.3 is 42.5 Å². The largest absolute Gasteiger partial charge is 0.471 e. The first-order valence-corrected chi connectivity index (χ1v) is 22.8. The Hall–Kier alpha value is -3.35. The molecule has 2 aromatic heterocycles. The van der Waals surface area contributed by atoms with E-state index < -0.39 is 53.7 Å². The lowest BCUT2D eigenvalue weighted by Gasteiger charge is -2.51. The molecule has 1 aromatic carbocycles. The summed E-state index contributed by atoms with van der Waals surface area (Å²) in [6.45, 7) is 16.6. The summed E-state index contributed by atoms with van der Waals surface area (Å²) in [4.78, 5) is 37.5. The predicted octanol–water partition coefficient (Wildman–Crippen LogP) is 5.99. The van der Waals surface area contributed by atoms with E-state index in [2.05, 4.69) is 75.7 Å². The highest BCUT2D eigenvalue weighted by atomic mass is 28.5. The maximum atomic E-state index is 13.1. The number of carbonyl (C=O) groups is 2. The Morgan fingerprint density at radius 2 is 1.57 bits per heavy atom. The van der Waals surface area contributed by atoms with Crippen LogP contribution in [-0.2, 0) is 36.7 Å². The molecule has 2 saturated heterocycles. The number of nitrogens with one attached hydrogen (secondary N) is 2. The first kappa shape index (κ1) is 43.8. The van der Waals surface area contributed by atoms with Gasteiger partial charge in [0.15, 0.2) is 23.2 Å². The fraction of sp³-hybridized carbons (Fsp3) is 0.639. The van der Waals surface area contributed by atoms with Crippen molar-refractivity contribution in [2.75, 3.05) is 45.1 Å². The summed E-state index contributed by atoms with van der Waals surface area (Å²) < 4.78 is 85.0. The number of ether oxygens (including phenoxy) is 4. The van der Waals surface area contributed by atoms with E-state index >= 15 is 0 Å². The molecule has 2 amide bonds. The minimum Gasteiger partial charge on any atom is -0.414 e. The minimum atomic E-state index is -4.96. The Labute approximate surface area is 326 Å². The predicted molar refractivity (Wildman–Crippen MR) is 203 cm³/mol. The molecule has 5 rings (SSSR count). The van der Waals surface area contributed by atoms with E-state index in [1.54, 1.807) is 40.5 Å². The van der Waals surface area contributed by atoms with Crippen molar-refractivity contribution < 1.29 is 54.7 Å². The van der Waals surface area contributed by atoms with E-state index in [0.717, 1.165) is 0 Å². The van der Waals surface area contributed by atoms with Gasteiger partial charge in [-0.05, 0) is 34.3 Å². The van der Waals surface area contributed by atoms with Gasteiger partial charge in [-0.25, -0.2) is 15.0 Å². The molecule has 15 nitrogen and oxygen atoms in total. The zero-order chi connectivity index (χ0) is 40.8. The number of amides is 2. The van der Waals surface area contributed by atoms with Crippen molar-refractivity contribution >= 4 is 45.9 Å². The van der Waals surface area contributed by atoms with Crippen LogP contribution < -0.4 is 10.6 Å². The highest BCUT2D eigenvalue weighted by molar-refractivity contribution is 6.84. The van der Waals surface area contributed by atoms with Crippen LogP contribution in [0, 0.1) is 0 Å². The van der Waals surface area contributed by atoms with E-state index in [-0.39, 0.29) is 73.7 Å². The first-order chi connectivity index (χ1) is 26.5. The number of nitrogens with zero attached hydrogens (tertiary/aromatic N) is 4. The molecule has 0 unspecified atom stereocenters. The smallest absolute Gasteiger partial charge is 0.414 e. The summed E-state index contributed by atoms with van der Waals surface area (Å²) in [5, 5.41) is 4.59. The van der Waals surface area contributed by atoms with Gasteiger partial charge in [0.1, 0.15) is 31.4 Å². The van der Waals surface area contributed by atoms with Crippen molar-refractivity contribution in [2.45, 2.75) is 108 Å². The van der Waals surface area contributed by atoms with Gasteiger partial charge in [-0.15, -0.1) is 0 Å². The summed E-state index contributed by atoms with van der Waals surface area (Å²) in [6.07, 6.45) is -4.97. The maximum absolute atomic E-state index is 13.1. The molecule has 4 atom stereocenters. The average molecular weight is 827 g/mol. The number of hydrogen-bond acceptors (Lipinski definition) is 12. The number of hydrogen-bond donors (Lipinski definition) is 2. The summed E-state index contributed by atoms with van der Waals surface area (Å²) in [5.41, 5.74) is 1.46. The van der Waals surface area contributed by atoms with Gasteiger partial charge in [-0.3, -0.25) is 14.2 Å². The summed E-state index contributed by atoms with van der Waals surface area (Å²) in [7, 11) is -6.01.